The average molecular weight is 499 g/mol. The second kappa shape index (κ2) is 7.31. The topological polar surface area (TPSA) is 40.2 Å². The summed E-state index contributed by atoms with van der Waals surface area (Å²) in [5.74, 6) is 3.03. The average Bonchev–Trinajstić information content (AvgIpc) is 3.12. The Hall–Kier alpha value is -4.00. The van der Waals surface area contributed by atoms with Crippen LogP contribution in [0, 0.1) is 0 Å². The summed E-state index contributed by atoms with van der Waals surface area (Å²) in [4.78, 5) is 2.27. The van der Waals surface area contributed by atoms with Gasteiger partial charge in [-0.2, -0.15) is 0 Å². The van der Waals surface area contributed by atoms with Crippen molar-refractivity contribution in [3.63, 3.8) is 0 Å². The monoisotopic (exact) mass is 499 g/mol. The van der Waals surface area contributed by atoms with Gasteiger partial charge in [0.05, 0.1) is 22.6 Å². The van der Waals surface area contributed by atoms with Gasteiger partial charge in [-0.15, -0.1) is 0 Å². The summed E-state index contributed by atoms with van der Waals surface area (Å²) in [7, 11) is -0.529. The fraction of sp³-hybridized carbons (Fsp3) is 0.188. The molecule has 3 aliphatic heterocycles. The van der Waals surface area contributed by atoms with Crippen LogP contribution in [0.3, 0.4) is 0 Å². The van der Waals surface area contributed by atoms with E-state index in [1.807, 2.05) is 12.1 Å². The Morgan fingerprint density at radius 1 is 0.553 bits per heavy atom. The molecule has 0 aromatic heterocycles. The van der Waals surface area contributed by atoms with Crippen molar-refractivity contribution >= 4 is 51.2 Å². The Balaban J connectivity index is 1.37. The molecule has 0 atom stereocenters. The zero-order valence-electron chi connectivity index (χ0n) is 21.7. The van der Waals surface area contributed by atoms with E-state index < -0.39 is 18.3 Å². The van der Waals surface area contributed by atoms with Crippen molar-refractivity contribution in [2.45, 2.75) is 38.9 Å². The summed E-state index contributed by atoms with van der Waals surface area (Å²) in [5, 5.41) is 4.57. The van der Waals surface area contributed by atoms with Gasteiger partial charge in [0.1, 0.15) is 5.69 Å². The maximum Gasteiger partial charge on any atom is 0.495 e. The molecule has 8 rings (SSSR count). The molecule has 3 aliphatic rings. The van der Waals surface area contributed by atoms with Gasteiger partial charge in [-0.25, -0.2) is 0 Å². The highest BCUT2D eigenvalue weighted by molar-refractivity contribution is 6.62. The van der Waals surface area contributed by atoms with Crippen LogP contribution in [0.25, 0.3) is 21.5 Å². The van der Waals surface area contributed by atoms with Gasteiger partial charge >= 0.3 is 7.12 Å². The van der Waals surface area contributed by atoms with E-state index in [9.17, 15) is 0 Å². The summed E-state index contributed by atoms with van der Waals surface area (Å²) in [6.45, 7) is 8.25. The lowest BCUT2D eigenvalue weighted by Gasteiger charge is -2.38. The van der Waals surface area contributed by atoms with Crippen molar-refractivity contribution < 1.29 is 18.8 Å². The van der Waals surface area contributed by atoms with Crippen LogP contribution in [0.15, 0.2) is 84.9 Å². The third-order valence-corrected chi connectivity index (χ3v) is 8.39. The van der Waals surface area contributed by atoms with Gasteiger partial charge < -0.3 is 18.8 Å². The highest BCUT2D eigenvalue weighted by atomic mass is 16.7. The number of fused-ring (bicyclic) bond motifs is 6. The first-order chi connectivity index (χ1) is 18.3. The highest BCUT2D eigenvalue weighted by Gasteiger charge is 2.52. The van der Waals surface area contributed by atoms with E-state index in [0.717, 1.165) is 55.6 Å². The number of nitrogens with zero attached hydrogens (tertiary/aromatic N) is 1. The molecule has 0 spiro atoms. The molecule has 5 aromatic carbocycles. The third-order valence-electron chi connectivity index (χ3n) is 8.39. The van der Waals surface area contributed by atoms with Crippen LogP contribution in [0.1, 0.15) is 27.7 Å². The van der Waals surface area contributed by atoms with E-state index >= 15 is 0 Å². The van der Waals surface area contributed by atoms with E-state index in [2.05, 4.69) is 105 Å². The third kappa shape index (κ3) is 3.02. The van der Waals surface area contributed by atoms with Crippen molar-refractivity contribution in [2.75, 3.05) is 4.90 Å². The molecule has 0 saturated carbocycles. The first-order valence-corrected chi connectivity index (χ1v) is 13.0. The predicted molar refractivity (Wildman–Crippen MR) is 152 cm³/mol. The van der Waals surface area contributed by atoms with Crippen molar-refractivity contribution in [2.24, 2.45) is 0 Å². The fourth-order valence-corrected chi connectivity index (χ4v) is 5.63. The van der Waals surface area contributed by atoms with Gasteiger partial charge in [-0.05, 0) is 91.1 Å². The summed E-state index contributed by atoms with van der Waals surface area (Å²) < 4.78 is 26.0. The van der Waals surface area contributed by atoms with Crippen molar-refractivity contribution in [3.05, 3.63) is 84.9 Å². The van der Waals surface area contributed by atoms with Gasteiger partial charge in [0.2, 0.25) is 0 Å². The van der Waals surface area contributed by atoms with Crippen LogP contribution in [0.5, 0.6) is 23.0 Å². The summed E-state index contributed by atoms with van der Waals surface area (Å²) in [5.41, 5.74) is 2.83. The number of hydrogen-bond acceptors (Lipinski definition) is 5. The minimum Gasteiger partial charge on any atom is -0.453 e. The maximum atomic E-state index is 6.61. The smallest absolute Gasteiger partial charge is 0.453 e. The van der Waals surface area contributed by atoms with Crippen molar-refractivity contribution in [3.8, 4) is 23.0 Å². The Morgan fingerprint density at radius 2 is 0.974 bits per heavy atom. The van der Waals surface area contributed by atoms with E-state index in [1.54, 1.807) is 0 Å². The van der Waals surface area contributed by atoms with Gasteiger partial charge in [-0.3, -0.25) is 4.90 Å². The number of ether oxygens (including phenoxy) is 2. The second-order valence-electron chi connectivity index (χ2n) is 11.3. The zero-order valence-corrected chi connectivity index (χ0v) is 21.7. The molecule has 6 heteroatoms. The standard InChI is InChI=1S/C32H26BNO4/c1-31(2)32(3,4)38-33(37-31)23-17-28-30-29(18-23)36-27-16-22-12-8-6-10-20(22)14-25(27)34(30)24-13-19-9-5-7-11-21(19)15-26(24)35-28/h5-18H,1-4H3. The first kappa shape index (κ1) is 22.0. The lowest BCUT2D eigenvalue weighted by Crippen LogP contribution is -2.41. The summed E-state index contributed by atoms with van der Waals surface area (Å²) >= 11 is 0. The predicted octanol–water partition coefficient (Wildman–Crippen LogP) is 7.97. The molecular formula is C32H26BNO4. The van der Waals surface area contributed by atoms with Gasteiger partial charge in [0, 0.05) is 0 Å². The fourth-order valence-electron chi connectivity index (χ4n) is 5.63. The van der Waals surface area contributed by atoms with Crippen LogP contribution in [-0.2, 0) is 9.31 Å². The Morgan fingerprint density at radius 3 is 1.42 bits per heavy atom. The summed E-state index contributed by atoms with van der Waals surface area (Å²) in [6.07, 6.45) is 0. The normalized spacial score (nSPS) is 18.0. The van der Waals surface area contributed by atoms with Crippen molar-refractivity contribution in [1.29, 1.82) is 0 Å². The lowest BCUT2D eigenvalue weighted by molar-refractivity contribution is 0.00578. The molecule has 186 valence electrons. The number of anilines is 3. The SMILES string of the molecule is CC1(C)OB(c2cc3c4c(c2)Oc2cc5ccccc5cc2N4c2cc4ccccc4cc2O3)OC1(C)C. The molecule has 0 radical (unpaired) electrons. The van der Waals surface area contributed by atoms with Gasteiger partial charge in [-0.1, -0.05) is 48.5 Å². The van der Waals surface area contributed by atoms with E-state index in [-0.39, 0.29) is 0 Å². The largest absolute Gasteiger partial charge is 0.495 e. The van der Waals surface area contributed by atoms with Crippen LogP contribution in [0.4, 0.5) is 17.1 Å². The maximum absolute atomic E-state index is 6.61. The molecule has 5 nitrogen and oxygen atoms in total. The number of benzene rings is 5. The van der Waals surface area contributed by atoms with E-state index in [4.69, 9.17) is 18.8 Å². The molecule has 0 N–H and O–H groups in total. The molecule has 0 unspecified atom stereocenters. The minimum atomic E-state index is -0.529. The highest BCUT2D eigenvalue weighted by Crippen LogP contribution is 2.60. The molecule has 1 fully saturated rings. The molecule has 1 saturated heterocycles. The molecule has 0 bridgehead atoms. The molecule has 3 heterocycles. The van der Waals surface area contributed by atoms with Crippen LogP contribution < -0.4 is 19.8 Å². The molecule has 0 amide bonds. The molecule has 5 aromatic rings. The Kier molecular flexibility index (Phi) is 4.24. The van der Waals surface area contributed by atoms with E-state index in [0.29, 0.717) is 11.5 Å². The number of rotatable bonds is 1. The Labute approximate surface area is 221 Å². The number of hydrogen-bond donors (Lipinski definition) is 0. The van der Waals surface area contributed by atoms with Crippen molar-refractivity contribution in [1.82, 2.24) is 0 Å². The minimum absolute atomic E-state index is 0.449. The van der Waals surface area contributed by atoms with Gasteiger partial charge in [0.15, 0.2) is 23.0 Å². The summed E-state index contributed by atoms with van der Waals surface area (Å²) in [6, 6.07) is 29.4. The zero-order chi connectivity index (χ0) is 25.8. The van der Waals surface area contributed by atoms with Gasteiger partial charge in [0.25, 0.3) is 0 Å². The molecule has 0 aliphatic carbocycles. The Bertz CT molecular complexity index is 1680. The van der Waals surface area contributed by atoms with Crippen LogP contribution in [-0.4, -0.2) is 18.3 Å². The molecule has 38 heavy (non-hydrogen) atoms. The molecular weight excluding hydrogens is 473 g/mol. The van der Waals surface area contributed by atoms with Crippen LogP contribution >= 0.6 is 0 Å². The van der Waals surface area contributed by atoms with E-state index in [1.165, 1.54) is 0 Å². The lowest BCUT2D eigenvalue weighted by atomic mass is 9.78. The second-order valence-corrected chi connectivity index (χ2v) is 11.3. The van der Waals surface area contributed by atoms with Crippen LogP contribution in [0.2, 0.25) is 0 Å². The first-order valence-electron chi connectivity index (χ1n) is 13.0. The quantitative estimate of drug-likeness (QED) is 0.214.